The first kappa shape index (κ1) is 23.5. The average Bonchev–Trinajstić information content (AvgIpc) is 2.48. The van der Waals surface area contributed by atoms with Crippen molar-refractivity contribution in [2.24, 2.45) is 0 Å². The summed E-state index contributed by atoms with van der Waals surface area (Å²) in [5.41, 5.74) is 6.73. The van der Waals surface area contributed by atoms with Crippen LogP contribution in [-0.4, -0.2) is 28.6 Å². The first-order chi connectivity index (χ1) is 11.1. The molecule has 0 radical (unpaired) electrons. The molecule has 0 heterocycles. The summed E-state index contributed by atoms with van der Waals surface area (Å²) in [5, 5.41) is 9.77. The molecular weight excluding hydrogens is 331 g/mol. The first-order valence-electron chi connectivity index (χ1n) is 9.02. The van der Waals surface area contributed by atoms with Crippen LogP contribution < -0.4 is 21.5 Å². The number of hydrogen-bond donors (Lipinski definition) is 3. The summed E-state index contributed by atoms with van der Waals surface area (Å²) in [5.74, 6) is -1.49. The van der Waals surface area contributed by atoms with Gasteiger partial charge >= 0.3 is 0 Å². The second kappa shape index (κ2) is 12.8. The first-order valence-corrected chi connectivity index (χ1v) is 10.7. The smallest absolute Gasteiger partial charge is 0.135 e. The Bertz CT molecular complexity index is 361. The minimum absolute atomic E-state index is 0.669. The van der Waals surface area contributed by atoms with Crippen LogP contribution in [0.5, 0.6) is 0 Å². The minimum Gasteiger partial charge on any atom is -0.778 e. The fourth-order valence-corrected chi connectivity index (χ4v) is 3.11. The lowest BCUT2D eigenvalue weighted by atomic mass is 9.97. The van der Waals surface area contributed by atoms with Crippen LogP contribution in [0.1, 0.15) is 77.6 Å². The molecule has 7 nitrogen and oxygen atoms in total. The zero-order valence-corrected chi connectivity index (χ0v) is 15.8. The van der Waals surface area contributed by atoms with Crippen LogP contribution in [0.4, 0.5) is 0 Å². The molecule has 2 fully saturated rings. The summed E-state index contributed by atoms with van der Waals surface area (Å²) in [6.07, 6.45) is 13.4. The van der Waals surface area contributed by atoms with Crippen LogP contribution in [-0.2, 0) is 9.36 Å². The summed E-state index contributed by atoms with van der Waals surface area (Å²) in [6.45, 7) is 1.10. The molecule has 2 atom stereocenters. The van der Waals surface area contributed by atoms with Gasteiger partial charge in [0.1, 0.15) is 7.60 Å². The van der Waals surface area contributed by atoms with E-state index in [2.05, 4.69) is 11.5 Å². The molecule has 24 heavy (non-hydrogen) atoms. The van der Waals surface area contributed by atoms with E-state index in [1.165, 1.54) is 64.2 Å². The van der Waals surface area contributed by atoms with Crippen LogP contribution in [0.25, 0.3) is 0 Å². The highest BCUT2D eigenvalue weighted by Crippen LogP contribution is 2.37. The molecule has 2 aliphatic rings. The second-order valence-corrected chi connectivity index (χ2v) is 9.01. The normalized spacial score (nSPS) is 22.9. The van der Waals surface area contributed by atoms with Crippen LogP contribution in [0.2, 0.25) is 0 Å². The lowest BCUT2D eigenvalue weighted by Gasteiger charge is -2.23. The number of carbonyl (C=O) groups excluding carboxylic acids is 1. The van der Waals surface area contributed by atoms with Crippen molar-refractivity contribution in [1.82, 2.24) is 0 Å². The van der Waals surface area contributed by atoms with E-state index in [9.17, 15) is 19.4 Å². The van der Waals surface area contributed by atoms with E-state index in [-0.39, 0.29) is 0 Å². The Morgan fingerprint density at radius 3 is 1.50 bits per heavy atom. The summed E-state index contributed by atoms with van der Waals surface area (Å²) >= 11 is 0. The van der Waals surface area contributed by atoms with E-state index < -0.39 is 25.6 Å². The van der Waals surface area contributed by atoms with E-state index in [1.807, 2.05) is 0 Å². The number of carboxylic acid groups (broad SMARTS) is 1. The van der Waals surface area contributed by atoms with Crippen LogP contribution in [0.15, 0.2) is 0 Å². The highest BCUT2D eigenvalue weighted by atomic mass is 31.2. The minimum atomic E-state index is -4.48. The molecule has 2 saturated carbocycles. The molecule has 0 aliphatic heterocycles. The van der Waals surface area contributed by atoms with Gasteiger partial charge in [-0.2, -0.15) is 0 Å². The lowest BCUT2D eigenvalue weighted by Crippen LogP contribution is -2.61. The Morgan fingerprint density at radius 1 is 1.04 bits per heavy atom. The van der Waals surface area contributed by atoms with Crippen molar-refractivity contribution in [3.8, 4) is 0 Å². The summed E-state index contributed by atoms with van der Waals surface area (Å²) in [6, 6.07) is 1.57. The highest BCUT2D eigenvalue weighted by molar-refractivity contribution is 7.51. The summed E-state index contributed by atoms with van der Waals surface area (Å²) in [7, 11) is -4.48. The van der Waals surface area contributed by atoms with Gasteiger partial charge in [0.25, 0.3) is 0 Å². The molecule has 144 valence electrons. The third kappa shape index (κ3) is 13.9. The zero-order valence-electron chi connectivity index (χ0n) is 15.0. The van der Waals surface area contributed by atoms with Crippen molar-refractivity contribution in [1.29, 1.82) is 0 Å². The predicted octanol–water partition coefficient (Wildman–Crippen LogP) is -0.817. The third-order valence-electron chi connectivity index (χ3n) is 4.47. The van der Waals surface area contributed by atoms with Crippen molar-refractivity contribution in [2.75, 3.05) is 0 Å². The van der Waals surface area contributed by atoms with Crippen LogP contribution in [0.3, 0.4) is 0 Å². The van der Waals surface area contributed by atoms with Gasteiger partial charge < -0.3 is 35.7 Å². The van der Waals surface area contributed by atoms with Crippen molar-refractivity contribution in [3.05, 3.63) is 0 Å². The van der Waals surface area contributed by atoms with Gasteiger partial charge in [-0.05, 0) is 57.8 Å². The molecule has 2 rings (SSSR count). The third-order valence-corrected chi connectivity index (χ3v) is 5.77. The highest BCUT2D eigenvalue weighted by Gasteiger charge is 2.13. The molecule has 0 aromatic rings. The molecule has 0 aromatic carbocycles. The van der Waals surface area contributed by atoms with Gasteiger partial charge in [-0.3, -0.25) is 0 Å². The predicted molar refractivity (Wildman–Crippen MR) is 88.4 cm³/mol. The molecule has 0 aromatic heterocycles. The van der Waals surface area contributed by atoms with Crippen molar-refractivity contribution in [2.45, 2.75) is 95.3 Å². The Morgan fingerprint density at radius 2 is 1.38 bits per heavy atom. The Balaban J connectivity index is 0.000000337. The fourth-order valence-electron chi connectivity index (χ4n) is 2.73. The topological polar surface area (TPSA) is 156 Å². The number of carbonyl (C=O) groups is 1. The molecule has 0 bridgehead atoms. The molecule has 1 unspecified atom stereocenters. The van der Waals surface area contributed by atoms with E-state index >= 15 is 0 Å². The van der Waals surface area contributed by atoms with Crippen LogP contribution >= 0.6 is 7.60 Å². The van der Waals surface area contributed by atoms with E-state index in [1.54, 1.807) is 0 Å². The van der Waals surface area contributed by atoms with E-state index in [0.717, 1.165) is 19.0 Å². The molecule has 0 spiro atoms. The maximum atomic E-state index is 10.2. The van der Waals surface area contributed by atoms with Crippen molar-refractivity contribution in [3.63, 3.8) is 0 Å². The molecule has 2 aliphatic carbocycles. The standard InChI is InChI=1S/2C6H13N.C4H9O5P/c2*7-6-4-2-1-3-5-6;1-3(2-4(5)6)10(7,8)9/h2*6H,1-5,7H2;3H,2H2,1H3,(H,5,6)(H2,7,8,9)/t;;3-/m..1/s1. The number of carboxylic acids is 1. The number of quaternary nitrogens is 2. The van der Waals surface area contributed by atoms with Gasteiger partial charge in [0, 0.05) is 11.6 Å². The van der Waals surface area contributed by atoms with Crippen molar-refractivity contribution >= 4 is 13.6 Å². The van der Waals surface area contributed by atoms with Gasteiger partial charge in [-0.1, -0.05) is 19.8 Å². The largest absolute Gasteiger partial charge is 0.778 e. The summed E-state index contributed by atoms with van der Waals surface area (Å²) < 4.78 is 10.2. The molecule has 7 N–H and O–H groups in total. The number of aliphatic carboxylic acids is 1. The average molecular weight is 366 g/mol. The zero-order chi connectivity index (χ0) is 18.6. The molecule has 0 amide bonds. The Kier molecular flexibility index (Phi) is 12.6. The Labute approximate surface area is 145 Å². The van der Waals surface area contributed by atoms with Crippen molar-refractivity contribution < 1.29 is 35.7 Å². The SMILES string of the molecule is C[C@H](CC(=O)[O-])P(=O)([O-])O.[NH3+]C1CCCCC1.[NH3+]C1CCCCC1. The fraction of sp³-hybridized carbons (Fsp3) is 0.938. The van der Waals surface area contributed by atoms with E-state index in [4.69, 9.17) is 4.89 Å². The second-order valence-electron chi connectivity index (χ2n) is 7.00. The van der Waals surface area contributed by atoms with Gasteiger partial charge in [0.2, 0.25) is 0 Å². The maximum Gasteiger partial charge on any atom is 0.135 e. The van der Waals surface area contributed by atoms with Gasteiger partial charge in [0.05, 0.1) is 12.1 Å². The van der Waals surface area contributed by atoms with Gasteiger partial charge in [-0.25, -0.2) is 0 Å². The summed E-state index contributed by atoms with van der Waals surface area (Å²) in [4.78, 5) is 28.2. The van der Waals surface area contributed by atoms with Gasteiger partial charge in [0.15, 0.2) is 0 Å². The maximum absolute atomic E-state index is 10.2. The lowest BCUT2D eigenvalue weighted by molar-refractivity contribution is -0.425. The Hall–Kier alpha value is -0.460. The van der Waals surface area contributed by atoms with Gasteiger partial charge in [-0.15, -0.1) is 0 Å². The quantitative estimate of drug-likeness (QED) is 0.557. The number of hydrogen-bond acceptors (Lipinski definition) is 4. The van der Waals surface area contributed by atoms with E-state index in [0.29, 0.717) is 0 Å². The molecular formula is C16H35N2O5P. The molecule has 0 saturated heterocycles. The monoisotopic (exact) mass is 366 g/mol. The van der Waals surface area contributed by atoms with Crippen LogP contribution in [0, 0.1) is 0 Å². The number of rotatable bonds is 3. The molecule has 8 heteroatoms.